The van der Waals surface area contributed by atoms with Crippen molar-refractivity contribution in [3.8, 4) is 0 Å². The van der Waals surface area contributed by atoms with Crippen LogP contribution in [0.5, 0.6) is 0 Å². The van der Waals surface area contributed by atoms with Gasteiger partial charge in [-0.05, 0) is 13.3 Å². The molecule has 0 nitrogen and oxygen atoms in total. The Morgan fingerprint density at radius 3 is 1.88 bits per heavy atom. The molecule has 0 radical (unpaired) electrons. The summed E-state index contributed by atoms with van der Waals surface area (Å²) in [5.41, 5.74) is 3.64. The molecule has 0 heterocycles. The molecular weight excluding hydrogens is 224 g/mol. The molecule has 0 aliphatic carbocycles. The van der Waals surface area contributed by atoms with Crippen molar-refractivity contribution in [3.63, 3.8) is 0 Å². The third-order valence-corrected chi connectivity index (χ3v) is 6.11. The molecule has 0 atom stereocenters. The van der Waals surface area contributed by atoms with E-state index in [1.807, 2.05) is 0 Å². The van der Waals surface area contributed by atoms with E-state index in [0.29, 0.717) is 0 Å². The monoisotopic (exact) mass is 252 g/mol. The molecule has 0 rings (SSSR count). The van der Waals surface area contributed by atoms with Crippen LogP contribution in [0.3, 0.4) is 0 Å². The van der Waals surface area contributed by atoms with E-state index in [0.717, 1.165) is 6.42 Å². The summed E-state index contributed by atoms with van der Waals surface area (Å²) in [5.74, 6) is 0. The van der Waals surface area contributed by atoms with Crippen LogP contribution in [0.2, 0.25) is 39.3 Å². The molecule has 0 fully saturated rings. The fourth-order valence-corrected chi connectivity index (χ4v) is 3.83. The smallest absolute Gasteiger partial charge is 0.0724 e. The zero-order chi connectivity index (χ0) is 13.0. The van der Waals surface area contributed by atoms with Crippen molar-refractivity contribution >= 4 is 16.1 Å². The predicted molar refractivity (Wildman–Crippen MR) is 83.3 cm³/mol. The first-order valence-electron chi connectivity index (χ1n) is 6.09. The molecule has 0 saturated heterocycles. The van der Waals surface area contributed by atoms with Gasteiger partial charge in [-0.2, -0.15) is 0 Å². The molecule has 0 aromatic carbocycles. The summed E-state index contributed by atoms with van der Waals surface area (Å²) in [6, 6.07) is 0. The van der Waals surface area contributed by atoms with Crippen molar-refractivity contribution in [1.82, 2.24) is 0 Å². The molecule has 0 amide bonds. The summed E-state index contributed by atoms with van der Waals surface area (Å²) < 4.78 is 0. The Morgan fingerprint density at radius 1 is 1.06 bits per heavy atom. The van der Waals surface area contributed by atoms with E-state index in [4.69, 9.17) is 0 Å². The van der Waals surface area contributed by atoms with Gasteiger partial charge in [0.25, 0.3) is 0 Å². The van der Waals surface area contributed by atoms with Crippen molar-refractivity contribution < 1.29 is 0 Å². The maximum atomic E-state index is 4.18. The van der Waals surface area contributed by atoms with Crippen molar-refractivity contribution in [2.45, 2.75) is 52.6 Å². The van der Waals surface area contributed by atoms with Crippen molar-refractivity contribution in [2.75, 3.05) is 0 Å². The van der Waals surface area contributed by atoms with Crippen LogP contribution in [0.25, 0.3) is 0 Å². The number of rotatable bonds is 5. The third-order valence-electron chi connectivity index (χ3n) is 2.55. The summed E-state index contributed by atoms with van der Waals surface area (Å²) >= 11 is 0. The third kappa shape index (κ3) is 7.01. The van der Waals surface area contributed by atoms with Crippen LogP contribution in [0, 0.1) is 0 Å². The molecule has 2 heteroatoms. The molecule has 0 N–H and O–H groups in total. The summed E-state index contributed by atoms with van der Waals surface area (Å²) in [6.07, 6.45) is 5.60. The molecule has 0 aliphatic rings. The van der Waals surface area contributed by atoms with Gasteiger partial charge in [-0.1, -0.05) is 74.5 Å². The quantitative estimate of drug-likeness (QED) is 0.466. The van der Waals surface area contributed by atoms with Crippen LogP contribution in [-0.2, 0) is 0 Å². The van der Waals surface area contributed by atoms with Gasteiger partial charge in [0.2, 0.25) is 0 Å². The highest BCUT2D eigenvalue weighted by Gasteiger charge is 2.18. The second-order valence-corrected chi connectivity index (χ2v) is 16.8. The molecular formula is C14H28Si2. The van der Waals surface area contributed by atoms with Crippen LogP contribution >= 0.6 is 0 Å². The normalized spacial score (nSPS) is 14.6. The van der Waals surface area contributed by atoms with E-state index in [-0.39, 0.29) is 0 Å². The molecule has 0 aromatic heterocycles. The van der Waals surface area contributed by atoms with Crippen molar-refractivity contribution in [3.05, 3.63) is 35.2 Å². The van der Waals surface area contributed by atoms with Gasteiger partial charge >= 0.3 is 0 Å². The lowest BCUT2D eigenvalue weighted by molar-refractivity contribution is 1.23. The summed E-state index contributed by atoms with van der Waals surface area (Å²) in [4.78, 5) is 0. The molecule has 0 bridgehead atoms. The molecule has 0 aliphatic heterocycles. The molecule has 0 spiro atoms. The topological polar surface area (TPSA) is 0 Å². The highest BCUT2D eigenvalue weighted by Crippen LogP contribution is 2.22. The van der Waals surface area contributed by atoms with Gasteiger partial charge in [-0.25, -0.2) is 0 Å². The van der Waals surface area contributed by atoms with E-state index in [1.54, 1.807) is 5.20 Å². The molecule has 0 saturated carbocycles. The predicted octanol–water partition coefficient (Wildman–Crippen LogP) is 5.19. The Bertz CT molecular complexity index is 296. The minimum Gasteiger partial charge on any atom is -0.0955 e. The van der Waals surface area contributed by atoms with Crippen LogP contribution in [0.1, 0.15) is 13.3 Å². The highest BCUT2D eigenvalue weighted by molar-refractivity contribution is 6.83. The van der Waals surface area contributed by atoms with Gasteiger partial charge in [-0.15, -0.1) is 0 Å². The minimum absolute atomic E-state index is 1.06. The Kier molecular flexibility index (Phi) is 5.70. The summed E-state index contributed by atoms with van der Waals surface area (Å²) in [6.45, 7) is 20.6. The largest absolute Gasteiger partial charge is 0.0955 e. The van der Waals surface area contributed by atoms with Gasteiger partial charge in [0.1, 0.15) is 0 Å². The van der Waals surface area contributed by atoms with Crippen LogP contribution in [-0.4, -0.2) is 16.1 Å². The first kappa shape index (κ1) is 15.7. The highest BCUT2D eigenvalue weighted by atomic mass is 28.3. The van der Waals surface area contributed by atoms with Crippen molar-refractivity contribution in [1.29, 1.82) is 0 Å². The second kappa shape index (κ2) is 5.83. The number of hydrogen-bond acceptors (Lipinski definition) is 0. The van der Waals surface area contributed by atoms with Gasteiger partial charge in [0.05, 0.1) is 16.1 Å². The van der Waals surface area contributed by atoms with E-state index >= 15 is 0 Å². The van der Waals surface area contributed by atoms with Gasteiger partial charge in [-0.3, -0.25) is 0 Å². The number of hydrogen-bond donors (Lipinski definition) is 0. The van der Waals surface area contributed by atoms with Crippen LogP contribution < -0.4 is 0 Å². The van der Waals surface area contributed by atoms with E-state index < -0.39 is 16.1 Å². The summed E-state index contributed by atoms with van der Waals surface area (Å²) in [5, 5.41) is 1.61. The average Bonchev–Trinajstić information content (AvgIpc) is 2.07. The first-order chi connectivity index (χ1) is 7.06. The zero-order valence-electron chi connectivity index (χ0n) is 12.1. The lowest BCUT2D eigenvalue weighted by atomic mass is 10.2. The lowest BCUT2D eigenvalue weighted by Gasteiger charge is -2.21. The fraction of sp³-hybridized carbons (Fsp3) is 0.571. The minimum atomic E-state index is -1.15. The Hall–Kier alpha value is -0.346. The SMILES string of the molecule is C=C(/C=C/[Si](C)(C)C)C/C(=C\C)[Si](C)(C)C. The van der Waals surface area contributed by atoms with Crippen LogP contribution in [0.15, 0.2) is 35.2 Å². The van der Waals surface area contributed by atoms with Gasteiger partial charge < -0.3 is 0 Å². The molecule has 92 valence electrons. The van der Waals surface area contributed by atoms with Crippen LogP contribution in [0.4, 0.5) is 0 Å². The second-order valence-electron chi connectivity index (χ2n) is 6.60. The molecule has 0 unspecified atom stereocenters. The average molecular weight is 253 g/mol. The van der Waals surface area contributed by atoms with Crippen molar-refractivity contribution in [2.24, 2.45) is 0 Å². The van der Waals surface area contributed by atoms with E-state index in [2.05, 4.69) is 70.6 Å². The fourth-order valence-electron chi connectivity index (χ4n) is 1.47. The zero-order valence-corrected chi connectivity index (χ0v) is 14.1. The standard InChI is InChI=1S/C14H28Si2/c1-9-14(16(6,7)8)12-13(2)10-11-15(3,4)5/h9-11H,2,12H2,1,3-8H3/b11-10+,14-9+. The summed E-state index contributed by atoms with van der Waals surface area (Å²) in [7, 11) is -2.22. The Labute approximate surface area is 104 Å². The molecule has 16 heavy (non-hydrogen) atoms. The maximum absolute atomic E-state index is 4.18. The Balaban J connectivity index is 4.53. The van der Waals surface area contributed by atoms with Gasteiger partial charge in [0.15, 0.2) is 0 Å². The molecule has 0 aromatic rings. The number of allylic oxidation sites excluding steroid dienone is 4. The van der Waals surface area contributed by atoms with E-state index in [1.165, 1.54) is 5.57 Å². The lowest BCUT2D eigenvalue weighted by Crippen LogP contribution is -2.24. The first-order valence-corrected chi connectivity index (χ1v) is 13.2. The maximum Gasteiger partial charge on any atom is 0.0724 e. The van der Waals surface area contributed by atoms with Gasteiger partial charge in [0, 0.05) is 0 Å². The Morgan fingerprint density at radius 2 is 1.56 bits per heavy atom. The van der Waals surface area contributed by atoms with E-state index in [9.17, 15) is 0 Å².